The summed E-state index contributed by atoms with van der Waals surface area (Å²) < 4.78 is 6.76. The van der Waals surface area contributed by atoms with E-state index in [1.165, 1.54) is 4.68 Å². The van der Waals surface area contributed by atoms with Crippen LogP contribution in [0.2, 0.25) is 5.15 Å². The summed E-state index contributed by atoms with van der Waals surface area (Å²) in [6.07, 6.45) is 1.00. The first-order chi connectivity index (χ1) is 8.09. The topological polar surface area (TPSA) is 56.2 Å². The predicted octanol–water partition coefficient (Wildman–Crippen LogP) is 1.15. The van der Waals surface area contributed by atoms with E-state index in [1.807, 2.05) is 0 Å². The number of carbonyl (C=O) groups excluding carboxylic acids is 1. The second-order valence-corrected chi connectivity index (χ2v) is 4.67. The molecule has 0 radical (unpaired) electrons. The van der Waals surface area contributed by atoms with Crippen LogP contribution in [-0.4, -0.2) is 35.4 Å². The van der Waals surface area contributed by atoms with Crippen LogP contribution in [0.25, 0.3) is 0 Å². The molecule has 0 spiro atoms. The molecule has 1 aromatic heterocycles. The molecule has 1 aliphatic rings. The van der Waals surface area contributed by atoms with Crippen molar-refractivity contribution in [1.82, 2.24) is 15.1 Å². The molecule has 1 aromatic rings. The minimum absolute atomic E-state index is 0.160. The Morgan fingerprint density at radius 1 is 1.71 bits per heavy atom. The molecule has 2 rings (SSSR count). The number of hydrogen-bond donors (Lipinski definition) is 1. The molecular formula is C11H16ClN3O2. The van der Waals surface area contributed by atoms with Crippen LogP contribution < -0.4 is 5.32 Å². The van der Waals surface area contributed by atoms with E-state index in [2.05, 4.69) is 10.4 Å². The Kier molecular flexibility index (Phi) is 3.69. The fraction of sp³-hybridized carbons (Fsp3) is 0.636. The second kappa shape index (κ2) is 5.06. The van der Waals surface area contributed by atoms with Gasteiger partial charge >= 0.3 is 0 Å². The lowest BCUT2D eigenvalue weighted by atomic mass is 10.1. The summed E-state index contributed by atoms with van der Waals surface area (Å²) in [4.78, 5) is 12.0. The van der Waals surface area contributed by atoms with Crippen LogP contribution in [0.1, 0.15) is 22.5 Å². The molecule has 1 unspecified atom stereocenters. The lowest BCUT2D eigenvalue weighted by Gasteiger charge is -2.09. The molecule has 94 valence electrons. The highest BCUT2D eigenvalue weighted by atomic mass is 35.5. The van der Waals surface area contributed by atoms with Gasteiger partial charge in [-0.05, 0) is 13.3 Å². The molecule has 5 nitrogen and oxygen atoms in total. The third-order valence-corrected chi connectivity index (χ3v) is 3.39. The largest absolute Gasteiger partial charge is 0.381 e. The molecule has 0 saturated carbocycles. The van der Waals surface area contributed by atoms with Crippen LogP contribution in [0.15, 0.2) is 0 Å². The van der Waals surface area contributed by atoms with E-state index in [0.29, 0.717) is 28.9 Å². The Hall–Kier alpha value is -1.07. The van der Waals surface area contributed by atoms with Crippen molar-refractivity contribution in [3.8, 4) is 0 Å². The summed E-state index contributed by atoms with van der Waals surface area (Å²) in [5, 5.41) is 7.37. The maximum atomic E-state index is 12.0. The van der Waals surface area contributed by atoms with Gasteiger partial charge in [0, 0.05) is 26.1 Å². The monoisotopic (exact) mass is 257 g/mol. The normalized spacial score (nSPS) is 19.6. The first kappa shape index (κ1) is 12.4. The van der Waals surface area contributed by atoms with Crippen LogP contribution >= 0.6 is 11.6 Å². The molecule has 6 heteroatoms. The van der Waals surface area contributed by atoms with E-state index >= 15 is 0 Å². The number of carbonyl (C=O) groups is 1. The van der Waals surface area contributed by atoms with Crippen LogP contribution in [0.5, 0.6) is 0 Å². The first-order valence-corrected chi connectivity index (χ1v) is 6.02. The zero-order chi connectivity index (χ0) is 12.4. The smallest absolute Gasteiger partial charge is 0.256 e. The summed E-state index contributed by atoms with van der Waals surface area (Å²) in [6, 6.07) is 0. The van der Waals surface area contributed by atoms with Gasteiger partial charge < -0.3 is 10.1 Å². The number of halogens is 1. The fourth-order valence-electron chi connectivity index (χ4n) is 1.96. The van der Waals surface area contributed by atoms with E-state index in [-0.39, 0.29) is 5.91 Å². The maximum absolute atomic E-state index is 12.0. The zero-order valence-corrected chi connectivity index (χ0v) is 10.8. The molecule has 0 aliphatic carbocycles. The molecule has 1 fully saturated rings. The molecule has 1 aliphatic heterocycles. The van der Waals surface area contributed by atoms with Crippen molar-refractivity contribution in [1.29, 1.82) is 0 Å². The Balaban J connectivity index is 1.99. The number of rotatable bonds is 3. The standard InChI is InChI=1S/C11H16ClN3O2/c1-7-9(10(12)15(2)14-7)11(16)13-5-8-3-4-17-6-8/h8H,3-6H2,1-2H3,(H,13,16). The molecule has 0 bridgehead atoms. The van der Waals surface area contributed by atoms with Gasteiger partial charge in [-0.2, -0.15) is 5.10 Å². The van der Waals surface area contributed by atoms with Crippen molar-refractivity contribution in [2.45, 2.75) is 13.3 Å². The zero-order valence-electron chi connectivity index (χ0n) is 9.99. The average molecular weight is 258 g/mol. The minimum atomic E-state index is -0.160. The fourth-order valence-corrected chi connectivity index (χ4v) is 2.22. The number of nitrogens with zero attached hydrogens (tertiary/aromatic N) is 2. The lowest BCUT2D eigenvalue weighted by Crippen LogP contribution is -2.29. The number of hydrogen-bond acceptors (Lipinski definition) is 3. The number of aryl methyl sites for hydroxylation is 2. The highest BCUT2D eigenvalue weighted by Gasteiger charge is 2.21. The van der Waals surface area contributed by atoms with Gasteiger partial charge in [0.05, 0.1) is 17.9 Å². The molecule has 0 aromatic carbocycles. The average Bonchev–Trinajstić information content (AvgIpc) is 2.86. The number of aromatic nitrogens is 2. The summed E-state index contributed by atoms with van der Waals surface area (Å²) in [5.74, 6) is 0.252. The van der Waals surface area contributed by atoms with Crippen LogP contribution in [-0.2, 0) is 11.8 Å². The van der Waals surface area contributed by atoms with E-state index in [1.54, 1.807) is 14.0 Å². The molecule has 1 atom stereocenters. The molecule has 1 amide bonds. The summed E-state index contributed by atoms with van der Waals surface area (Å²) in [6.45, 7) is 3.91. The SMILES string of the molecule is Cc1nn(C)c(Cl)c1C(=O)NCC1CCOC1. The summed E-state index contributed by atoms with van der Waals surface area (Å²) in [7, 11) is 1.72. The Labute approximate surface area is 105 Å². The molecule has 17 heavy (non-hydrogen) atoms. The molecule has 1 N–H and O–H groups in total. The Morgan fingerprint density at radius 2 is 2.47 bits per heavy atom. The van der Waals surface area contributed by atoms with Crippen LogP contribution in [0, 0.1) is 12.8 Å². The van der Waals surface area contributed by atoms with Crippen LogP contribution in [0.4, 0.5) is 0 Å². The van der Waals surface area contributed by atoms with Gasteiger partial charge in [-0.3, -0.25) is 9.48 Å². The highest BCUT2D eigenvalue weighted by molar-refractivity contribution is 6.33. The summed E-state index contributed by atoms with van der Waals surface area (Å²) >= 11 is 6.02. The number of amides is 1. The van der Waals surface area contributed by atoms with Crippen molar-refractivity contribution < 1.29 is 9.53 Å². The predicted molar refractivity (Wildman–Crippen MR) is 64.2 cm³/mol. The van der Waals surface area contributed by atoms with Gasteiger partial charge in [0.1, 0.15) is 5.15 Å². The second-order valence-electron chi connectivity index (χ2n) is 4.31. The van der Waals surface area contributed by atoms with Gasteiger partial charge in [0.2, 0.25) is 0 Å². The van der Waals surface area contributed by atoms with Gasteiger partial charge in [0.25, 0.3) is 5.91 Å². The molecule has 1 saturated heterocycles. The van der Waals surface area contributed by atoms with Crippen molar-refractivity contribution in [3.63, 3.8) is 0 Å². The Morgan fingerprint density at radius 3 is 3.00 bits per heavy atom. The van der Waals surface area contributed by atoms with E-state index in [4.69, 9.17) is 16.3 Å². The third-order valence-electron chi connectivity index (χ3n) is 2.95. The number of nitrogens with one attached hydrogen (secondary N) is 1. The lowest BCUT2D eigenvalue weighted by molar-refractivity contribution is 0.0944. The van der Waals surface area contributed by atoms with E-state index in [9.17, 15) is 4.79 Å². The van der Waals surface area contributed by atoms with Gasteiger partial charge in [-0.1, -0.05) is 11.6 Å². The quantitative estimate of drug-likeness (QED) is 0.884. The molecule has 2 heterocycles. The highest BCUT2D eigenvalue weighted by Crippen LogP contribution is 2.18. The summed E-state index contributed by atoms with van der Waals surface area (Å²) in [5.41, 5.74) is 1.12. The van der Waals surface area contributed by atoms with Crippen molar-refractivity contribution in [2.75, 3.05) is 19.8 Å². The van der Waals surface area contributed by atoms with Gasteiger partial charge in [-0.15, -0.1) is 0 Å². The van der Waals surface area contributed by atoms with E-state index < -0.39 is 0 Å². The van der Waals surface area contributed by atoms with Crippen molar-refractivity contribution in [3.05, 3.63) is 16.4 Å². The van der Waals surface area contributed by atoms with Gasteiger partial charge in [0.15, 0.2) is 0 Å². The molecular weight excluding hydrogens is 242 g/mol. The van der Waals surface area contributed by atoms with Crippen LogP contribution in [0.3, 0.4) is 0 Å². The first-order valence-electron chi connectivity index (χ1n) is 5.64. The van der Waals surface area contributed by atoms with Gasteiger partial charge in [-0.25, -0.2) is 0 Å². The number of ether oxygens (including phenoxy) is 1. The van der Waals surface area contributed by atoms with E-state index in [0.717, 1.165) is 19.6 Å². The Bertz CT molecular complexity index is 425. The van der Waals surface area contributed by atoms with Crippen molar-refractivity contribution in [2.24, 2.45) is 13.0 Å². The third kappa shape index (κ3) is 2.61. The van der Waals surface area contributed by atoms with Crippen molar-refractivity contribution >= 4 is 17.5 Å². The minimum Gasteiger partial charge on any atom is -0.381 e. The maximum Gasteiger partial charge on any atom is 0.256 e.